The lowest BCUT2D eigenvalue weighted by atomic mass is 10.2. The second-order valence-corrected chi connectivity index (χ2v) is 12.5. The van der Waals surface area contributed by atoms with Crippen LogP contribution in [-0.4, -0.2) is 64.1 Å². The van der Waals surface area contributed by atoms with E-state index in [9.17, 15) is 26.7 Å². The highest BCUT2D eigenvalue weighted by atomic mass is 32.3. The lowest BCUT2D eigenvalue weighted by Crippen LogP contribution is -2.35. The van der Waals surface area contributed by atoms with Crippen molar-refractivity contribution in [2.75, 3.05) is 30.7 Å². The fourth-order valence-electron chi connectivity index (χ4n) is 3.79. The van der Waals surface area contributed by atoms with Crippen LogP contribution in [0.2, 0.25) is 0 Å². The first-order valence-electron chi connectivity index (χ1n) is 10.8. The molecule has 1 aromatic carbocycles. The van der Waals surface area contributed by atoms with Gasteiger partial charge in [0, 0.05) is 38.8 Å². The van der Waals surface area contributed by atoms with Gasteiger partial charge in [-0.2, -0.15) is 0 Å². The van der Waals surface area contributed by atoms with E-state index in [1.807, 2.05) is 0 Å². The van der Waals surface area contributed by atoms with Crippen LogP contribution in [0.1, 0.15) is 28.9 Å². The van der Waals surface area contributed by atoms with Crippen molar-refractivity contribution in [3.8, 4) is 0 Å². The van der Waals surface area contributed by atoms with E-state index >= 15 is 0 Å². The number of fused-ring (bicyclic) bond motifs is 1. The minimum Gasteiger partial charge on any atom is -0.347 e. The standard InChI is InChI=1S/C22H26FN5O5S2/c1-27(2)35(32,33)20-12-16(23)8-7-15(20)14-25-22(29)19-13-18-17(6-5-9-24-18)21(26-19)28-10-3-4-11-34(28,30)31/h5-9,12-13,30-31H,3-4,10-11,14H2,1-2H3,(H,25,29). The Balaban J connectivity index is 1.67. The summed E-state index contributed by atoms with van der Waals surface area (Å²) < 4.78 is 62.7. The highest BCUT2D eigenvalue weighted by Crippen LogP contribution is 2.50. The van der Waals surface area contributed by atoms with Gasteiger partial charge in [-0.15, -0.1) is 10.8 Å². The van der Waals surface area contributed by atoms with Crippen molar-refractivity contribution in [1.82, 2.24) is 19.6 Å². The van der Waals surface area contributed by atoms with E-state index in [0.717, 1.165) is 22.9 Å². The summed E-state index contributed by atoms with van der Waals surface area (Å²) in [6.45, 7) is 0.170. The van der Waals surface area contributed by atoms with E-state index in [4.69, 9.17) is 0 Å². The number of sulfonamides is 1. The van der Waals surface area contributed by atoms with Gasteiger partial charge in [0.25, 0.3) is 5.91 Å². The zero-order chi connectivity index (χ0) is 25.4. The first kappa shape index (κ1) is 25.3. The summed E-state index contributed by atoms with van der Waals surface area (Å²) in [6.07, 6.45) is 2.97. The predicted molar refractivity (Wildman–Crippen MR) is 132 cm³/mol. The molecule has 10 nitrogen and oxygen atoms in total. The molecule has 1 fully saturated rings. The van der Waals surface area contributed by atoms with E-state index in [1.54, 1.807) is 18.3 Å². The number of aromatic nitrogens is 2. The average molecular weight is 524 g/mol. The fraction of sp³-hybridized carbons (Fsp3) is 0.318. The van der Waals surface area contributed by atoms with Gasteiger partial charge in [0.15, 0.2) is 5.82 Å². The molecule has 0 spiro atoms. The summed E-state index contributed by atoms with van der Waals surface area (Å²) >= 11 is 0. The Hall–Kier alpha value is -2.84. The molecule has 4 rings (SSSR count). The molecular formula is C22H26FN5O5S2. The molecular weight excluding hydrogens is 497 g/mol. The molecule has 3 heterocycles. The van der Waals surface area contributed by atoms with Crippen LogP contribution >= 0.6 is 10.8 Å². The molecule has 0 saturated carbocycles. The Morgan fingerprint density at radius 3 is 2.71 bits per heavy atom. The second-order valence-electron chi connectivity index (χ2n) is 8.27. The minimum absolute atomic E-state index is 0.0221. The lowest BCUT2D eigenvalue weighted by Gasteiger charge is -2.46. The molecule has 0 bridgehead atoms. The van der Waals surface area contributed by atoms with Crippen molar-refractivity contribution in [3.05, 3.63) is 59.7 Å². The van der Waals surface area contributed by atoms with Gasteiger partial charge < -0.3 is 5.32 Å². The summed E-state index contributed by atoms with van der Waals surface area (Å²) in [7, 11) is -4.38. The Kier molecular flexibility index (Phi) is 6.97. The summed E-state index contributed by atoms with van der Waals surface area (Å²) in [5.41, 5.74) is 0.630. The highest BCUT2D eigenvalue weighted by Gasteiger charge is 2.30. The minimum atomic E-state index is -3.95. The van der Waals surface area contributed by atoms with Crippen LogP contribution < -0.4 is 9.62 Å². The molecule has 0 radical (unpaired) electrons. The Labute approximate surface area is 204 Å². The fourth-order valence-corrected chi connectivity index (χ4v) is 6.57. The molecule has 0 atom stereocenters. The van der Waals surface area contributed by atoms with Crippen molar-refractivity contribution >= 4 is 43.4 Å². The molecule has 1 aliphatic rings. The number of carbonyl (C=O) groups excluding carboxylic acids is 1. The van der Waals surface area contributed by atoms with Crippen molar-refractivity contribution in [2.45, 2.75) is 24.3 Å². The molecule has 1 aliphatic heterocycles. The van der Waals surface area contributed by atoms with Crippen LogP contribution in [0.4, 0.5) is 10.2 Å². The van der Waals surface area contributed by atoms with Crippen LogP contribution in [0.15, 0.2) is 47.5 Å². The maximum absolute atomic E-state index is 13.8. The molecule has 1 amide bonds. The van der Waals surface area contributed by atoms with Crippen LogP contribution in [-0.2, 0) is 16.6 Å². The number of nitrogens with zero attached hydrogens (tertiary/aromatic N) is 4. The Bertz CT molecular complexity index is 1380. The third-order valence-corrected chi connectivity index (χ3v) is 9.45. The molecule has 13 heteroatoms. The molecule has 188 valence electrons. The number of anilines is 1. The second kappa shape index (κ2) is 9.66. The van der Waals surface area contributed by atoms with Crippen molar-refractivity contribution < 1.29 is 26.7 Å². The van der Waals surface area contributed by atoms with Gasteiger partial charge in [-0.25, -0.2) is 22.1 Å². The molecule has 0 aliphatic carbocycles. The smallest absolute Gasteiger partial charge is 0.270 e. The van der Waals surface area contributed by atoms with Gasteiger partial charge in [0.2, 0.25) is 10.0 Å². The molecule has 0 unspecified atom stereocenters. The molecule has 3 aromatic rings. The Morgan fingerprint density at radius 2 is 2.00 bits per heavy atom. The van der Waals surface area contributed by atoms with Gasteiger partial charge in [0.1, 0.15) is 11.5 Å². The maximum Gasteiger partial charge on any atom is 0.270 e. The zero-order valence-corrected chi connectivity index (χ0v) is 20.8. The Morgan fingerprint density at radius 1 is 1.23 bits per heavy atom. The lowest BCUT2D eigenvalue weighted by molar-refractivity contribution is 0.0945. The van der Waals surface area contributed by atoms with E-state index in [0.29, 0.717) is 23.9 Å². The van der Waals surface area contributed by atoms with Gasteiger partial charge in [-0.05, 0) is 48.7 Å². The van der Waals surface area contributed by atoms with Crippen molar-refractivity contribution in [1.29, 1.82) is 0 Å². The van der Waals surface area contributed by atoms with Crippen LogP contribution in [0.5, 0.6) is 0 Å². The SMILES string of the molecule is CN(C)S(=O)(=O)c1cc(F)ccc1CNC(=O)c1cc2ncccc2c(N2CCCCS2(O)O)n1. The van der Waals surface area contributed by atoms with Gasteiger partial charge in [-0.1, -0.05) is 6.07 Å². The number of hydrogen-bond acceptors (Lipinski definition) is 8. The number of hydrogen-bond donors (Lipinski definition) is 3. The number of benzene rings is 1. The van der Waals surface area contributed by atoms with E-state index < -0.39 is 32.5 Å². The molecule has 3 N–H and O–H groups in total. The topological polar surface area (TPSA) is 136 Å². The highest BCUT2D eigenvalue weighted by molar-refractivity contribution is 8.25. The number of rotatable bonds is 6. The average Bonchev–Trinajstić information content (AvgIpc) is 2.82. The quantitative estimate of drug-likeness (QED) is 0.448. The number of halogens is 1. The number of nitrogens with one attached hydrogen (secondary N) is 1. The number of pyridine rings is 2. The van der Waals surface area contributed by atoms with Crippen LogP contribution in [0, 0.1) is 5.82 Å². The number of amides is 1. The maximum atomic E-state index is 13.8. The summed E-state index contributed by atoms with van der Waals surface area (Å²) in [4.78, 5) is 21.5. The van der Waals surface area contributed by atoms with Crippen LogP contribution in [0.3, 0.4) is 0 Å². The van der Waals surface area contributed by atoms with E-state index in [1.165, 1.54) is 30.5 Å². The van der Waals surface area contributed by atoms with Crippen molar-refractivity contribution in [2.24, 2.45) is 0 Å². The first-order valence-corrected chi connectivity index (χ1v) is 13.9. The summed E-state index contributed by atoms with van der Waals surface area (Å²) in [5, 5.41) is 3.20. The first-order chi connectivity index (χ1) is 16.5. The van der Waals surface area contributed by atoms with Crippen LogP contribution in [0.25, 0.3) is 10.9 Å². The van der Waals surface area contributed by atoms with Crippen molar-refractivity contribution in [3.63, 3.8) is 0 Å². The van der Waals surface area contributed by atoms with Gasteiger partial charge >= 0.3 is 0 Å². The van der Waals surface area contributed by atoms with Gasteiger partial charge in [0.05, 0.1) is 16.2 Å². The monoisotopic (exact) mass is 523 g/mol. The third-order valence-electron chi connectivity index (χ3n) is 5.66. The molecule has 1 saturated heterocycles. The van der Waals surface area contributed by atoms with E-state index in [2.05, 4.69) is 15.3 Å². The molecule has 35 heavy (non-hydrogen) atoms. The van der Waals surface area contributed by atoms with Gasteiger partial charge in [-0.3, -0.25) is 23.2 Å². The summed E-state index contributed by atoms with van der Waals surface area (Å²) in [5.74, 6) is -0.878. The molecule has 2 aromatic heterocycles. The number of carbonyl (C=O) groups is 1. The largest absolute Gasteiger partial charge is 0.347 e. The normalized spacial score (nSPS) is 16.9. The predicted octanol–water partition coefficient (Wildman–Crippen LogP) is 3.22. The third kappa shape index (κ3) is 5.09. The zero-order valence-electron chi connectivity index (χ0n) is 19.2. The summed E-state index contributed by atoms with van der Waals surface area (Å²) in [6, 6.07) is 8.25. The van der Waals surface area contributed by atoms with E-state index in [-0.39, 0.29) is 34.3 Å².